The number of carbonyl (C=O) groups excluding carboxylic acids is 2. The topological polar surface area (TPSA) is 88.9 Å². The molecule has 1 aromatic carbocycles. The molecule has 0 unspecified atom stereocenters. The van der Waals surface area contributed by atoms with Crippen molar-refractivity contribution >= 4 is 11.9 Å². The van der Waals surface area contributed by atoms with E-state index in [-0.39, 0.29) is 24.3 Å². The summed E-state index contributed by atoms with van der Waals surface area (Å²) in [6, 6.07) is 7.04. The number of ketones is 1. The maximum absolute atomic E-state index is 12.8. The summed E-state index contributed by atoms with van der Waals surface area (Å²) >= 11 is 0. The van der Waals surface area contributed by atoms with E-state index in [1.165, 1.54) is 7.11 Å². The normalized spacial score (nSPS) is 14.8. The maximum Gasteiger partial charge on any atom is 0.410 e. The minimum Gasteiger partial charge on any atom is -0.496 e. The van der Waals surface area contributed by atoms with E-state index in [9.17, 15) is 9.59 Å². The van der Waals surface area contributed by atoms with Crippen molar-refractivity contribution in [1.29, 1.82) is 5.26 Å². The van der Waals surface area contributed by atoms with E-state index in [4.69, 9.17) is 19.5 Å². The van der Waals surface area contributed by atoms with Crippen LogP contribution in [0.4, 0.5) is 4.79 Å². The number of hydrogen-bond acceptors (Lipinski definition) is 6. The predicted octanol–water partition coefficient (Wildman–Crippen LogP) is 3.71. The molecule has 0 saturated carbocycles. The first-order valence-corrected chi connectivity index (χ1v) is 9.39. The molecule has 1 fully saturated rings. The number of benzene rings is 1. The highest BCUT2D eigenvalue weighted by Gasteiger charge is 2.30. The van der Waals surface area contributed by atoms with Crippen molar-refractivity contribution in [1.82, 2.24) is 4.90 Å². The van der Waals surface area contributed by atoms with Crippen molar-refractivity contribution in [2.24, 2.45) is 0 Å². The summed E-state index contributed by atoms with van der Waals surface area (Å²) < 4.78 is 16.4. The molecule has 2 rings (SSSR count). The van der Waals surface area contributed by atoms with Gasteiger partial charge < -0.3 is 19.1 Å². The zero-order valence-electron chi connectivity index (χ0n) is 17.0. The van der Waals surface area contributed by atoms with Gasteiger partial charge in [0.05, 0.1) is 25.2 Å². The summed E-state index contributed by atoms with van der Waals surface area (Å²) in [4.78, 5) is 26.6. The smallest absolute Gasteiger partial charge is 0.410 e. The minimum atomic E-state index is -0.592. The average Bonchev–Trinajstić information content (AvgIpc) is 2.65. The van der Waals surface area contributed by atoms with Crippen molar-refractivity contribution in [3.8, 4) is 11.8 Å². The van der Waals surface area contributed by atoms with E-state index in [2.05, 4.69) is 0 Å². The number of hydrogen-bond donors (Lipinski definition) is 0. The van der Waals surface area contributed by atoms with Crippen LogP contribution in [0.15, 0.2) is 18.2 Å². The second kappa shape index (κ2) is 9.56. The molecule has 0 aliphatic carbocycles. The molecule has 0 spiro atoms. The molecule has 0 aromatic heterocycles. The standard InChI is InChI=1S/C21H28N2O5/c1-21(2,3)28-20(25)23(16-8-11-27-12-9-16)14-15-5-6-17(18(24)7-10-22)19(13-15)26-4/h5-6,13,16H,7-9,11-12,14H2,1-4H3. The number of ether oxygens (including phenoxy) is 3. The van der Waals surface area contributed by atoms with E-state index in [1.807, 2.05) is 26.8 Å². The molecule has 0 atom stereocenters. The fourth-order valence-electron chi connectivity index (χ4n) is 3.09. The predicted molar refractivity (Wildman–Crippen MR) is 103 cm³/mol. The van der Waals surface area contributed by atoms with Crippen LogP contribution in [0.1, 0.15) is 56.0 Å². The lowest BCUT2D eigenvalue weighted by atomic mass is 10.0. The first-order chi connectivity index (χ1) is 13.2. The van der Waals surface area contributed by atoms with Gasteiger partial charge in [0.2, 0.25) is 0 Å². The van der Waals surface area contributed by atoms with Crippen LogP contribution >= 0.6 is 0 Å². The molecule has 1 aliphatic rings. The number of methoxy groups -OCH3 is 1. The Morgan fingerprint density at radius 1 is 1.29 bits per heavy atom. The van der Waals surface area contributed by atoms with Crippen LogP contribution in [0.2, 0.25) is 0 Å². The molecular weight excluding hydrogens is 360 g/mol. The van der Waals surface area contributed by atoms with Crippen molar-refractivity contribution in [2.45, 2.75) is 58.2 Å². The second-order valence-electron chi connectivity index (χ2n) is 7.74. The number of rotatable bonds is 6. The van der Waals surface area contributed by atoms with E-state index in [0.29, 0.717) is 31.1 Å². The summed E-state index contributed by atoms with van der Waals surface area (Å²) in [5.41, 5.74) is 0.594. The van der Waals surface area contributed by atoms with Gasteiger partial charge in [-0.05, 0) is 51.3 Å². The molecule has 0 radical (unpaired) electrons. The molecule has 7 nitrogen and oxygen atoms in total. The Hall–Kier alpha value is -2.59. The summed E-state index contributed by atoms with van der Waals surface area (Å²) in [7, 11) is 1.48. The molecule has 1 aliphatic heterocycles. The largest absolute Gasteiger partial charge is 0.496 e. The van der Waals surface area contributed by atoms with Crippen LogP contribution in [0.5, 0.6) is 5.75 Å². The Balaban J connectivity index is 2.26. The number of nitriles is 1. The van der Waals surface area contributed by atoms with Crippen molar-refractivity contribution in [2.75, 3.05) is 20.3 Å². The molecule has 0 bridgehead atoms. The average molecular weight is 388 g/mol. The van der Waals surface area contributed by atoms with Crippen LogP contribution in [0.25, 0.3) is 0 Å². The minimum absolute atomic E-state index is 0.0227. The summed E-state index contributed by atoms with van der Waals surface area (Å²) in [6.07, 6.45) is 0.912. The van der Waals surface area contributed by atoms with Crippen LogP contribution in [0.3, 0.4) is 0 Å². The zero-order valence-corrected chi connectivity index (χ0v) is 17.0. The molecule has 0 N–H and O–H groups in total. The van der Waals surface area contributed by atoms with E-state index >= 15 is 0 Å². The van der Waals surface area contributed by atoms with Crippen LogP contribution in [-0.4, -0.2) is 48.7 Å². The lowest BCUT2D eigenvalue weighted by molar-refractivity contribution is -0.00811. The Morgan fingerprint density at radius 2 is 1.96 bits per heavy atom. The highest BCUT2D eigenvalue weighted by atomic mass is 16.6. The van der Waals surface area contributed by atoms with Gasteiger partial charge in [0, 0.05) is 25.8 Å². The molecule has 152 valence electrons. The Labute approximate surface area is 166 Å². The van der Waals surface area contributed by atoms with Gasteiger partial charge in [0.15, 0.2) is 5.78 Å². The van der Waals surface area contributed by atoms with Gasteiger partial charge in [-0.1, -0.05) is 6.07 Å². The fraction of sp³-hybridized carbons (Fsp3) is 0.571. The molecule has 1 heterocycles. The number of nitrogens with zero attached hydrogens (tertiary/aromatic N) is 2. The quantitative estimate of drug-likeness (QED) is 0.690. The number of carbonyl (C=O) groups is 2. The number of Topliss-reactive ketones (excluding diaryl/α,β-unsaturated/α-hetero) is 1. The molecule has 7 heteroatoms. The van der Waals surface area contributed by atoms with Gasteiger partial charge in [0.1, 0.15) is 11.4 Å². The van der Waals surface area contributed by atoms with Gasteiger partial charge in [-0.3, -0.25) is 4.79 Å². The Kier molecular flexibility index (Phi) is 7.41. The second-order valence-corrected chi connectivity index (χ2v) is 7.74. The van der Waals surface area contributed by atoms with Crippen molar-refractivity contribution in [3.63, 3.8) is 0 Å². The Bertz CT molecular complexity index is 742. The molecule has 1 aromatic rings. The monoisotopic (exact) mass is 388 g/mol. The maximum atomic E-state index is 12.8. The van der Waals surface area contributed by atoms with Crippen LogP contribution in [-0.2, 0) is 16.0 Å². The van der Waals surface area contributed by atoms with Crippen molar-refractivity contribution in [3.05, 3.63) is 29.3 Å². The lowest BCUT2D eigenvalue weighted by Crippen LogP contribution is -2.45. The van der Waals surface area contributed by atoms with Gasteiger partial charge in [0.25, 0.3) is 0 Å². The van der Waals surface area contributed by atoms with Gasteiger partial charge >= 0.3 is 6.09 Å². The third-order valence-electron chi connectivity index (χ3n) is 4.42. The highest BCUT2D eigenvalue weighted by Crippen LogP contribution is 2.25. The third-order valence-corrected chi connectivity index (χ3v) is 4.42. The summed E-state index contributed by atoms with van der Waals surface area (Å²) in [5, 5.41) is 8.75. The lowest BCUT2D eigenvalue weighted by Gasteiger charge is -2.35. The first kappa shape index (κ1) is 21.7. The van der Waals surface area contributed by atoms with Gasteiger partial charge in [-0.25, -0.2) is 4.79 Å². The molecule has 28 heavy (non-hydrogen) atoms. The zero-order chi connectivity index (χ0) is 20.7. The molecule has 1 amide bonds. The highest BCUT2D eigenvalue weighted by molar-refractivity contribution is 5.99. The van der Waals surface area contributed by atoms with E-state index in [0.717, 1.165) is 18.4 Å². The SMILES string of the molecule is COc1cc(CN(C(=O)OC(C)(C)C)C2CCOCC2)ccc1C(=O)CC#N. The van der Waals surface area contributed by atoms with Gasteiger partial charge in [-0.15, -0.1) is 0 Å². The molecule has 1 saturated heterocycles. The fourth-order valence-corrected chi connectivity index (χ4v) is 3.09. The van der Waals surface area contributed by atoms with Crippen LogP contribution < -0.4 is 4.74 Å². The third kappa shape index (κ3) is 5.96. The summed E-state index contributed by atoms with van der Waals surface area (Å²) in [6.45, 7) is 7.06. The summed E-state index contributed by atoms with van der Waals surface area (Å²) in [5.74, 6) is 0.105. The van der Waals surface area contributed by atoms with E-state index < -0.39 is 5.60 Å². The van der Waals surface area contributed by atoms with Crippen molar-refractivity contribution < 1.29 is 23.8 Å². The van der Waals surface area contributed by atoms with Crippen LogP contribution in [0, 0.1) is 11.3 Å². The number of amides is 1. The van der Waals surface area contributed by atoms with E-state index in [1.54, 1.807) is 23.1 Å². The Morgan fingerprint density at radius 3 is 2.54 bits per heavy atom. The van der Waals surface area contributed by atoms with Gasteiger partial charge in [-0.2, -0.15) is 5.26 Å². The molecular formula is C21H28N2O5. The first-order valence-electron chi connectivity index (χ1n) is 9.39.